The summed E-state index contributed by atoms with van der Waals surface area (Å²) in [6.07, 6.45) is 4.73. The standard InChI is InChI=1S/C13H20N4O3/c1-13(2,3)5-9(4-11(18)19)16-12(20)17-10-6-14-8-15-7-10/h6-9H,4-5H2,1-3H3,(H,18,19)(H2,16,17,20). The van der Waals surface area contributed by atoms with Crippen LogP contribution in [0.4, 0.5) is 10.5 Å². The lowest BCUT2D eigenvalue weighted by molar-refractivity contribution is -0.137. The third-order valence-corrected chi connectivity index (χ3v) is 2.43. The van der Waals surface area contributed by atoms with Gasteiger partial charge in [0.05, 0.1) is 24.5 Å². The van der Waals surface area contributed by atoms with Gasteiger partial charge in [-0.3, -0.25) is 4.79 Å². The first-order valence-electron chi connectivity index (χ1n) is 6.30. The number of rotatable bonds is 5. The smallest absolute Gasteiger partial charge is 0.319 e. The number of aromatic nitrogens is 2. The van der Waals surface area contributed by atoms with Gasteiger partial charge in [-0.05, 0) is 11.8 Å². The van der Waals surface area contributed by atoms with Gasteiger partial charge in [0, 0.05) is 6.04 Å². The van der Waals surface area contributed by atoms with Crippen LogP contribution < -0.4 is 10.6 Å². The first-order chi connectivity index (χ1) is 9.26. The average Bonchev–Trinajstić information content (AvgIpc) is 2.26. The molecule has 110 valence electrons. The van der Waals surface area contributed by atoms with Gasteiger partial charge in [0.15, 0.2) is 0 Å². The van der Waals surface area contributed by atoms with Crippen molar-refractivity contribution in [3.63, 3.8) is 0 Å². The second-order valence-electron chi connectivity index (χ2n) is 5.79. The van der Waals surface area contributed by atoms with E-state index in [1.54, 1.807) is 0 Å². The van der Waals surface area contributed by atoms with E-state index in [0.29, 0.717) is 12.1 Å². The molecule has 0 aliphatic rings. The number of carboxylic acids is 1. The molecule has 3 N–H and O–H groups in total. The number of aliphatic carboxylic acids is 1. The summed E-state index contributed by atoms with van der Waals surface area (Å²) < 4.78 is 0. The van der Waals surface area contributed by atoms with Crippen LogP contribution in [0.2, 0.25) is 0 Å². The van der Waals surface area contributed by atoms with Crippen LogP contribution in [0.15, 0.2) is 18.7 Å². The van der Waals surface area contributed by atoms with Crippen molar-refractivity contribution in [2.75, 3.05) is 5.32 Å². The fourth-order valence-electron chi connectivity index (χ4n) is 1.84. The highest BCUT2D eigenvalue weighted by Gasteiger charge is 2.22. The number of carbonyl (C=O) groups excluding carboxylic acids is 1. The molecule has 1 unspecified atom stereocenters. The molecule has 0 aliphatic heterocycles. The first kappa shape index (κ1) is 15.9. The molecule has 1 aromatic rings. The summed E-state index contributed by atoms with van der Waals surface area (Å²) in [6.45, 7) is 5.98. The van der Waals surface area contributed by atoms with Crippen molar-refractivity contribution >= 4 is 17.7 Å². The molecule has 20 heavy (non-hydrogen) atoms. The molecule has 0 spiro atoms. The van der Waals surface area contributed by atoms with Crippen molar-refractivity contribution in [2.24, 2.45) is 5.41 Å². The number of hydrogen-bond acceptors (Lipinski definition) is 4. The second kappa shape index (κ2) is 6.83. The molecule has 0 aliphatic carbocycles. The van der Waals surface area contributed by atoms with Crippen LogP contribution in [0.25, 0.3) is 0 Å². The molecule has 0 saturated carbocycles. The molecule has 0 aromatic carbocycles. The van der Waals surface area contributed by atoms with E-state index in [2.05, 4.69) is 20.6 Å². The van der Waals surface area contributed by atoms with Gasteiger partial charge in [0.25, 0.3) is 0 Å². The van der Waals surface area contributed by atoms with Gasteiger partial charge in [-0.15, -0.1) is 0 Å². The SMILES string of the molecule is CC(C)(C)CC(CC(=O)O)NC(=O)Nc1cncnc1. The molecular formula is C13H20N4O3. The summed E-state index contributed by atoms with van der Waals surface area (Å²) in [5.74, 6) is -0.942. The molecular weight excluding hydrogens is 260 g/mol. The summed E-state index contributed by atoms with van der Waals surface area (Å²) in [4.78, 5) is 30.2. The van der Waals surface area contributed by atoms with E-state index >= 15 is 0 Å². The third-order valence-electron chi connectivity index (χ3n) is 2.43. The van der Waals surface area contributed by atoms with Gasteiger partial charge in [0.1, 0.15) is 6.33 Å². The molecule has 2 amide bonds. The Morgan fingerprint density at radius 2 is 1.90 bits per heavy atom. The lowest BCUT2D eigenvalue weighted by atomic mass is 9.87. The van der Waals surface area contributed by atoms with E-state index in [1.165, 1.54) is 18.7 Å². The highest BCUT2D eigenvalue weighted by atomic mass is 16.4. The molecule has 1 rings (SSSR count). The number of carboxylic acid groups (broad SMARTS) is 1. The van der Waals surface area contributed by atoms with Crippen molar-refractivity contribution < 1.29 is 14.7 Å². The Kier molecular flexibility index (Phi) is 5.42. The Hall–Kier alpha value is -2.18. The minimum atomic E-state index is -0.942. The summed E-state index contributed by atoms with van der Waals surface area (Å²) in [5, 5.41) is 14.1. The lowest BCUT2D eigenvalue weighted by Crippen LogP contribution is -2.41. The number of urea groups is 1. The van der Waals surface area contributed by atoms with Crippen LogP contribution in [0.5, 0.6) is 0 Å². The highest BCUT2D eigenvalue weighted by Crippen LogP contribution is 2.22. The largest absolute Gasteiger partial charge is 0.481 e. The number of nitrogens with zero attached hydrogens (tertiary/aromatic N) is 2. The maximum absolute atomic E-state index is 11.8. The Bertz CT molecular complexity index is 456. The van der Waals surface area contributed by atoms with Gasteiger partial charge >= 0.3 is 12.0 Å². The molecule has 1 atom stereocenters. The van der Waals surface area contributed by atoms with Crippen LogP contribution in [0, 0.1) is 5.41 Å². The van der Waals surface area contributed by atoms with Crippen molar-refractivity contribution in [3.8, 4) is 0 Å². The molecule has 0 radical (unpaired) electrons. The van der Waals surface area contributed by atoms with E-state index in [0.717, 1.165) is 0 Å². The molecule has 0 fully saturated rings. The third kappa shape index (κ3) is 6.67. The zero-order valence-corrected chi connectivity index (χ0v) is 11.9. The van der Waals surface area contributed by atoms with Crippen LogP contribution in [-0.2, 0) is 4.79 Å². The number of hydrogen-bond donors (Lipinski definition) is 3. The minimum Gasteiger partial charge on any atom is -0.481 e. The first-order valence-corrected chi connectivity index (χ1v) is 6.30. The molecule has 0 saturated heterocycles. The van der Waals surface area contributed by atoms with Gasteiger partial charge in [0.2, 0.25) is 0 Å². The van der Waals surface area contributed by atoms with Crippen molar-refractivity contribution in [3.05, 3.63) is 18.7 Å². The van der Waals surface area contributed by atoms with E-state index in [1.807, 2.05) is 20.8 Å². The maximum Gasteiger partial charge on any atom is 0.319 e. The lowest BCUT2D eigenvalue weighted by Gasteiger charge is -2.25. The van der Waals surface area contributed by atoms with Gasteiger partial charge in [-0.2, -0.15) is 0 Å². The highest BCUT2D eigenvalue weighted by molar-refractivity contribution is 5.89. The molecule has 7 heteroatoms. The number of nitrogens with one attached hydrogen (secondary N) is 2. The quantitative estimate of drug-likeness (QED) is 0.763. The van der Waals surface area contributed by atoms with Crippen molar-refractivity contribution in [2.45, 2.75) is 39.7 Å². The normalized spacial score (nSPS) is 12.6. The summed E-state index contributed by atoms with van der Waals surface area (Å²) in [6, 6.07) is -0.896. The van der Waals surface area contributed by atoms with Crippen LogP contribution >= 0.6 is 0 Å². The van der Waals surface area contributed by atoms with Gasteiger partial charge in [-0.1, -0.05) is 20.8 Å². The predicted molar refractivity (Wildman–Crippen MR) is 74.3 cm³/mol. The van der Waals surface area contributed by atoms with E-state index in [9.17, 15) is 9.59 Å². The summed E-state index contributed by atoms with van der Waals surface area (Å²) >= 11 is 0. The maximum atomic E-state index is 11.8. The Labute approximate surface area is 117 Å². The zero-order chi connectivity index (χ0) is 15.2. The topological polar surface area (TPSA) is 104 Å². The minimum absolute atomic E-state index is 0.0801. The van der Waals surface area contributed by atoms with Gasteiger partial charge in [-0.25, -0.2) is 14.8 Å². The fraction of sp³-hybridized carbons (Fsp3) is 0.538. The fourth-order valence-corrected chi connectivity index (χ4v) is 1.84. The Balaban J connectivity index is 2.59. The summed E-state index contributed by atoms with van der Waals surface area (Å²) in [7, 11) is 0. The van der Waals surface area contributed by atoms with Crippen LogP contribution in [0.1, 0.15) is 33.6 Å². The van der Waals surface area contributed by atoms with Gasteiger partial charge < -0.3 is 15.7 Å². The predicted octanol–water partition coefficient (Wildman–Crippen LogP) is 1.88. The van der Waals surface area contributed by atoms with Crippen molar-refractivity contribution in [1.29, 1.82) is 0 Å². The van der Waals surface area contributed by atoms with E-state index in [4.69, 9.17) is 5.11 Å². The molecule has 1 heterocycles. The second-order valence-corrected chi connectivity index (χ2v) is 5.79. The number of amides is 2. The molecule has 7 nitrogen and oxygen atoms in total. The van der Waals surface area contributed by atoms with Crippen molar-refractivity contribution in [1.82, 2.24) is 15.3 Å². The van der Waals surface area contributed by atoms with Crippen LogP contribution in [0.3, 0.4) is 0 Å². The number of carbonyl (C=O) groups is 2. The Morgan fingerprint density at radius 1 is 1.30 bits per heavy atom. The van der Waals surface area contributed by atoms with E-state index < -0.39 is 18.0 Å². The average molecular weight is 280 g/mol. The zero-order valence-electron chi connectivity index (χ0n) is 11.9. The monoisotopic (exact) mass is 280 g/mol. The summed E-state index contributed by atoms with van der Waals surface area (Å²) in [5.41, 5.74) is 0.373. The number of anilines is 1. The van der Waals surface area contributed by atoms with E-state index in [-0.39, 0.29) is 11.8 Å². The Morgan fingerprint density at radius 3 is 2.40 bits per heavy atom. The molecule has 0 bridgehead atoms. The van der Waals surface area contributed by atoms with Crippen LogP contribution in [-0.4, -0.2) is 33.1 Å². The molecule has 1 aromatic heterocycles.